The topological polar surface area (TPSA) is 74.2 Å². The van der Waals surface area contributed by atoms with E-state index in [1.54, 1.807) is 30.6 Å². The quantitative estimate of drug-likeness (QED) is 0.757. The fraction of sp³-hybridized carbons (Fsp3) is 0.333. The molecule has 1 fully saturated rings. The molecular weight excluding hydrogens is 292 g/mol. The summed E-state index contributed by atoms with van der Waals surface area (Å²) in [4.78, 5) is 15.7. The highest BCUT2D eigenvalue weighted by molar-refractivity contribution is 5.94. The van der Waals surface area contributed by atoms with Crippen molar-refractivity contribution >= 4 is 22.4 Å². The van der Waals surface area contributed by atoms with E-state index in [1.165, 1.54) is 0 Å². The lowest BCUT2D eigenvalue weighted by atomic mass is 9.75. The zero-order chi connectivity index (χ0) is 15.8. The monoisotopic (exact) mass is 307 g/mol. The Morgan fingerprint density at radius 1 is 1.32 bits per heavy atom. The number of hydrogen-bond donors (Lipinski definition) is 3. The number of aromatic nitrogens is 1. The van der Waals surface area contributed by atoms with Crippen LogP contribution in [0.15, 0.2) is 36.7 Å². The summed E-state index contributed by atoms with van der Waals surface area (Å²) in [6, 6.07) is 6.90. The Hall–Kier alpha value is -2.28. The number of halogens is 2. The summed E-state index contributed by atoms with van der Waals surface area (Å²) in [6.07, 6.45) is 3.54. The van der Waals surface area contributed by atoms with Crippen LogP contribution in [0, 0.1) is 0 Å². The molecule has 1 saturated carbocycles. The molecule has 7 heteroatoms. The number of hydrazine groups is 1. The van der Waals surface area contributed by atoms with E-state index in [-0.39, 0.29) is 12.8 Å². The first kappa shape index (κ1) is 14.6. The van der Waals surface area contributed by atoms with Crippen molar-refractivity contribution in [2.75, 3.05) is 5.43 Å². The number of carbonyl (C=O) groups is 1. The first-order chi connectivity index (χ1) is 10.4. The van der Waals surface area contributed by atoms with Gasteiger partial charge in [-0.25, -0.2) is 0 Å². The zero-order valence-corrected chi connectivity index (χ0v) is 11.6. The molecule has 1 heterocycles. The Kier molecular flexibility index (Phi) is 3.44. The van der Waals surface area contributed by atoms with Crippen LogP contribution in [0.5, 0.6) is 0 Å². The van der Waals surface area contributed by atoms with Gasteiger partial charge in [0.1, 0.15) is 5.60 Å². The number of benzene rings is 1. The molecule has 1 amide bonds. The van der Waals surface area contributed by atoms with Crippen molar-refractivity contribution in [1.82, 2.24) is 10.4 Å². The molecule has 22 heavy (non-hydrogen) atoms. The standard InChI is InChI=1S/C15H15F2N3O2/c16-15(17,14(22)6-2-7-14)13(21)20-19-12-4-1-3-10-9-18-8-5-11(10)12/h1,3-5,8-9,19,22H,2,6-7H2,(H,20,21). The van der Waals surface area contributed by atoms with E-state index < -0.39 is 17.4 Å². The van der Waals surface area contributed by atoms with Gasteiger partial charge in [0.25, 0.3) is 0 Å². The zero-order valence-electron chi connectivity index (χ0n) is 11.6. The first-order valence-corrected chi connectivity index (χ1v) is 6.93. The van der Waals surface area contributed by atoms with E-state index in [4.69, 9.17) is 0 Å². The van der Waals surface area contributed by atoms with E-state index in [0.29, 0.717) is 12.1 Å². The Bertz CT molecular complexity index is 712. The van der Waals surface area contributed by atoms with Gasteiger partial charge in [0.15, 0.2) is 0 Å². The molecule has 0 bridgehead atoms. The number of anilines is 1. The molecule has 0 atom stereocenters. The van der Waals surface area contributed by atoms with Gasteiger partial charge in [-0.3, -0.25) is 20.6 Å². The highest BCUT2D eigenvalue weighted by Crippen LogP contribution is 2.44. The average molecular weight is 307 g/mol. The number of pyridine rings is 1. The summed E-state index contributed by atoms with van der Waals surface area (Å²) in [5.41, 5.74) is 2.72. The molecule has 1 aromatic carbocycles. The van der Waals surface area contributed by atoms with E-state index in [1.807, 2.05) is 11.5 Å². The number of alkyl halides is 2. The van der Waals surface area contributed by atoms with Gasteiger partial charge in [-0.2, -0.15) is 8.78 Å². The van der Waals surface area contributed by atoms with Gasteiger partial charge in [0, 0.05) is 23.2 Å². The number of rotatable bonds is 4. The number of fused-ring (bicyclic) bond motifs is 1. The van der Waals surface area contributed by atoms with Gasteiger partial charge in [-0.15, -0.1) is 0 Å². The first-order valence-electron chi connectivity index (χ1n) is 6.93. The van der Waals surface area contributed by atoms with Gasteiger partial charge in [-0.05, 0) is 31.4 Å². The number of amides is 1. The van der Waals surface area contributed by atoms with E-state index in [0.717, 1.165) is 10.8 Å². The van der Waals surface area contributed by atoms with Crippen LogP contribution in [0.4, 0.5) is 14.5 Å². The maximum absolute atomic E-state index is 14.0. The molecule has 1 aliphatic rings. The third-order valence-electron chi connectivity index (χ3n) is 4.04. The Balaban J connectivity index is 1.75. The molecule has 5 nitrogen and oxygen atoms in total. The molecule has 1 aromatic heterocycles. The number of hydrogen-bond acceptors (Lipinski definition) is 4. The lowest BCUT2D eigenvalue weighted by Gasteiger charge is -2.41. The predicted octanol–water partition coefficient (Wildman–Crippen LogP) is 2.23. The molecule has 0 unspecified atom stereocenters. The van der Waals surface area contributed by atoms with Crippen LogP contribution in [0.3, 0.4) is 0 Å². The maximum Gasteiger partial charge on any atom is 0.354 e. The van der Waals surface area contributed by atoms with Crippen molar-refractivity contribution in [3.63, 3.8) is 0 Å². The van der Waals surface area contributed by atoms with Gasteiger partial charge in [0.05, 0.1) is 5.69 Å². The normalized spacial score (nSPS) is 16.9. The third-order valence-corrected chi connectivity index (χ3v) is 4.04. The number of nitrogens with one attached hydrogen (secondary N) is 2. The Morgan fingerprint density at radius 2 is 2.09 bits per heavy atom. The van der Waals surface area contributed by atoms with Crippen LogP contribution in [-0.4, -0.2) is 27.5 Å². The number of carbonyl (C=O) groups excluding carboxylic acids is 1. The fourth-order valence-electron chi connectivity index (χ4n) is 2.47. The van der Waals surface area contributed by atoms with Crippen LogP contribution < -0.4 is 10.9 Å². The summed E-state index contributed by atoms with van der Waals surface area (Å²) in [6.45, 7) is 0. The molecule has 0 aliphatic heterocycles. The third kappa shape index (κ3) is 2.27. The largest absolute Gasteiger partial charge is 0.383 e. The summed E-state index contributed by atoms with van der Waals surface area (Å²) in [7, 11) is 0. The van der Waals surface area contributed by atoms with Crippen LogP contribution in [-0.2, 0) is 4.79 Å². The molecular formula is C15H15F2N3O2. The summed E-state index contributed by atoms with van der Waals surface area (Å²) < 4.78 is 27.9. The highest BCUT2D eigenvalue weighted by atomic mass is 19.3. The van der Waals surface area contributed by atoms with Crippen molar-refractivity contribution in [3.8, 4) is 0 Å². The molecule has 3 rings (SSSR count). The Labute approximate surface area is 125 Å². The molecule has 0 radical (unpaired) electrons. The second-order valence-corrected chi connectivity index (χ2v) is 5.44. The fourth-order valence-corrected chi connectivity index (χ4v) is 2.47. The molecule has 3 N–H and O–H groups in total. The van der Waals surface area contributed by atoms with Crippen LogP contribution in [0.2, 0.25) is 0 Å². The summed E-state index contributed by atoms with van der Waals surface area (Å²) in [5.74, 6) is -5.37. The van der Waals surface area contributed by atoms with Crippen molar-refractivity contribution in [2.45, 2.75) is 30.8 Å². The van der Waals surface area contributed by atoms with E-state index >= 15 is 0 Å². The van der Waals surface area contributed by atoms with Crippen molar-refractivity contribution in [2.24, 2.45) is 0 Å². The van der Waals surface area contributed by atoms with E-state index in [2.05, 4.69) is 10.4 Å². The summed E-state index contributed by atoms with van der Waals surface area (Å²) >= 11 is 0. The van der Waals surface area contributed by atoms with Crippen LogP contribution in [0.1, 0.15) is 19.3 Å². The second kappa shape index (κ2) is 5.17. The minimum atomic E-state index is -3.83. The minimum absolute atomic E-state index is 0.0760. The smallest absolute Gasteiger partial charge is 0.354 e. The lowest BCUT2D eigenvalue weighted by Crippen LogP contribution is -2.61. The number of nitrogens with zero attached hydrogens (tertiary/aromatic N) is 1. The van der Waals surface area contributed by atoms with E-state index in [9.17, 15) is 18.7 Å². The van der Waals surface area contributed by atoms with Crippen LogP contribution >= 0.6 is 0 Å². The summed E-state index contributed by atoms with van der Waals surface area (Å²) in [5, 5.41) is 11.3. The highest BCUT2D eigenvalue weighted by Gasteiger charge is 2.61. The molecule has 0 saturated heterocycles. The second-order valence-electron chi connectivity index (χ2n) is 5.44. The Morgan fingerprint density at radius 3 is 2.77 bits per heavy atom. The molecule has 2 aromatic rings. The maximum atomic E-state index is 14.0. The lowest BCUT2D eigenvalue weighted by molar-refractivity contribution is -0.215. The van der Waals surface area contributed by atoms with Crippen LogP contribution in [0.25, 0.3) is 10.8 Å². The molecule has 1 aliphatic carbocycles. The van der Waals surface area contributed by atoms with Gasteiger partial charge < -0.3 is 5.11 Å². The predicted molar refractivity (Wildman–Crippen MR) is 77.3 cm³/mol. The van der Waals surface area contributed by atoms with Gasteiger partial charge >= 0.3 is 11.8 Å². The average Bonchev–Trinajstić information content (AvgIpc) is 2.49. The minimum Gasteiger partial charge on any atom is -0.383 e. The molecule has 116 valence electrons. The van der Waals surface area contributed by atoms with Crippen molar-refractivity contribution in [3.05, 3.63) is 36.7 Å². The van der Waals surface area contributed by atoms with Gasteiger partial charge in [0.2, 0.25) is 0 Å². The van der Waals surface area contributed by atoms with Crippen molar-refractivity contribution < 1.29 is 18.7 Å². The number of aliphatic hydroxyl groups is 1. The molecule has 0 spiro atoms. The van der Waals surface area contributed by atoms with Gasteiger partial charge in [-0.1, -0.05) is 12.1 Å². The SMILES string of the molecule is O=C(NNc1cccc2cnccc12)C(F)(F)C1(O)CCC1. The van der Waals surface area contributed by atoms with Crippen molar-refractivity contribution in [1.29, 1.82) is 0 Å².